The number of rotatable bonds is 2. The summed E-state index contributed by atoms with van der Waals surface area (Å²) >= 11 is 1.64. The monoisotopic (exact) mass is 152 g/mol. The summed E-state index contributed by atoms with van der Waals surface area (Å²) in [5.41, 5.74) is 1.25. The van der Waals surface area contributed by atoms with Gasteiger partial charge in [0.25, 0.3) is 0 Å². The highest BCUT2D eigenvalue weighted by atomic mass is 32.1. The number of thiophene rings is 1. The van der Waals surface area contributed by atoms with Crippen LogP contribution in [0.1, 0.15) is 10.4 Å². The van der Waals surface area contributed by atoms with Crippen molar-refractivity contribution in [2.24, 2.45) is 0 Å². The Morgan fingerprint density at radius 1 is 1.60 bits per heavy atom. The number of aldehydes is 1. The van der Waals surface area contributed by atoms with Gasteiger partial charge in [0.15, 0.2) is 0 Å². The van der Waals surface area contributed by atoms with Gasteiger partial charge in [-0.05, 0) is 36.1 Å². The number of carbonyl (C=O) groups excluding carboxylic acids is 1. The summed E-state index contributed by atoms with van der Waals surface area (Å²) < 4.78 is 0. The first kappa shape index (κ1) is 7.22. The molecule has 0 N–H and O–H groups in total. The fourth-order valence-corrected chi connectivity index (χ4v) is 1.48. The number of hydrogen-bond donors (Lipinski definition) is 0. The Morgan fingerprint density at radius 3 is 2.90 bits per heavy atom. The smallest absolute Gasteiger partial charge is 0.142 e. The molecule has 0 aliphatic rings. The van der Waals surface area contributed by atoms with Crippen LogP contribution in [0.2, 0.25) is 0 Å². The van der Waals surface area contributed by atoms with E-state index >= 15 is 0 Å². The molecule has 1 nitrogen and oxygen atoms in total. The van der Waals surface area contributed by atoms with E-state index in [1.807, 2.05) is 19.1 Å². The molecule has 0 unspecified atom stereocenters. The van der Waals surface area contributed by atoms with Crippen LogP contribution in [-0.4, -0.2) is 6.29 Å². The fraction of sp³-hybridized carbons (Fsp3) is 0.125. The summed E-state index contributed by atoms with van der Waals surface area (Å²) in [5, 5.41) is 2.06. The molecule has 0 spiro atoms. The van der Waals surface area contributed by atoms with Gasteiger partial charge in [-0.2, -0.15) is 0 Å². The van der Waals surface area contributed by atoms with Gasteiger partial charge in [-0.1, -0.05) is 0 Å². The van der Waals surface area contributed by atoms with Gasteiger partial charge in [0.1, 0.15) is 6.29 Å². The van der Waals surface area contributed by atoms with E-state index in [9.17, 15) is 4.79 Å². The fourth-order valence-electron chi connectivity index (χ4n) is 0.675. The van der Waals surface area contributed by atoms with Crippen molar-refractivity contribution in [2.75, 3.05) is 0 Å². The Morgan fingerprint density at radius 2 is 2.40 bits per heavy atom. The summed E-state index contributed by atoms with van der Waals surface area (Å²) in [4.78, 5) is 11.0. The zero-order valence-electron chi connectivity index (χ0n) is 5.70. The summed E-state index contributed by atoms with van der Waals surface area (Å²) in [5.74, 6) is 0. The van der Waals surface area contributed by atoms with E-state index in [2.05, 4.69) is 5.38 Å². The first-order valence-corrected chi connectivity index (χ1v) is 3.88. The predicted octanol–water partition coefficient (Wildman–Crippen LogP) is 2.27. The van der Waals surface area contributed by atoms with Crippen molar-refractivity contribution in [1.29, 1.82) is 0 Å². The maximum Gasteiger partial charge on any atom is 0.142 e. The maximum absolute atomic E-state index is 9.90. The summed E-state index contributed by atoms with van der Waals surface area (Å²) in [7, 11) is 0. The second-order valence-corrected chi connectivity index (χ2v) is 2.96. The van der Waals surface area contributed by atoms with Gasteiger partial charge in [-0.3, -0.25) is 4.79 Å². The van der Waals surface area contributed by atoms with Crippen molar-refractivity contribution < 1.29 is 4.79 Å². The molecular weight excluding hydrogens is 144 g/mol. The Hall–Kier alpha value is -0.890. The van der Waals surface area contributed by atoms with E-state index in [-0.39, 0.29) is 0 Å². The Labute approximate surface area is 64.0 Å². The average Bonchev–Trinajstić information content (AvgIpc) is 2.31. The molecule has 1 aromatic rings. The van der Waals surface area contributed by atoms with Crippen LogP contribution in [0.15, 0.2) is 17.5 Å². The lowest BCUT2D eigenvalue weighted by Crippen LogP contribution is -1.60. The number of carbonyl (C=O) groups is 1. The van der Waals surface area contributed by atoms with Crippen molar-refractivity contribution in [3.63, 3.8) is 0 Å². The van der Waals surface area contributed by atoms with E-state index in [1.165, 1.54) is 11.6 Å². The molecule has 1 heterocycles. The van der Waals surface area contributed by atoms with Crippen molar-refractivity contribution in [2.45, 2.75) is 6.92 Å². The molecule has 52 valence electrons. The third kappa shape index (κ3) is 1.81. The quantitative estimate of drug-likeness (QED) is 0.469. The van der Waals surface area contributed by atoms with Gasteiger partial charge in [0.2, 0.25) is 0 Å². The Bertz CT molecular complexity index is 248. The minimum absolute atomic E-state index is 0.787. The molecule has 0 bridgehead atoms. The molecule has 0 aliphatic carbocycles. The van der Waals surface area contributed by atoms with E-state index in [0.29, 0.717) is 0 Å². The first-order valence-electron chi connectivity index (χ1n) is 3.00. The molecule has 0 fully saturated rings. The summed E-state index contributed by atoms with van der Waals surface area (Å²) in [6.45, 7) is 2.04. The normalized spacial score (nSPS) is 10.5. The molecule has 0 atom stereocenters. The Kier molecular flexibility index (Phi) is 2.40. The van der Waals surface area contributed by atoms with Crippen molar-refractivity contribution in [3.8, 4) is 0 Å². The molecule has 0 saturated heterocycles. The predicted molar refractivity (Wildman–Crippen MR) is 44.2 cm³/mol. The lowest BCUT2D eigenvalue weighted by molar-refractivity contribution is -0.104. The summed E-state index contributed by atoms with van der Waals surface area (Å²) in [6.07, 6.45) is 4.10. The largest absolute Gasteiger partial charge is 0.299 e. The molecule has 10 heavy (non-hydrogen) atoms. The highest BCUT2D eigenvalue weighted by molar-refractivity contribution is 7.11. The number of allylic oxidation sites excluding steroid dienone is 1. The SMILES string of the molecule is Cc1csc(C=CC=O)c1. The van der Waals surface area contributed by atoms with Crippen LogP contribution in [0.25, 0.3) is 6.08 Å². The van der Waals surface area contributed by atoms with Crippen LogP contribution in [0.5, 0.6) is 0 Å². The van der Waals surface area contributed by atoms with Gasteiger partial charge in [0.05, 0.1) is 0 Å². The third-order valence-electron chi connectivity index (χ3n) is 1.09. The van der Waals surface area contributed by atoms with E-state index in [4.69, 9.17) is 0 Å². The maximum atomic E-state index is 9.90. The molecule has 1 rings (SSSR count). The van der Waals surface area contributed by atoms with E-state index in [1.54, 1.807) is 11.3 Å². The van der Waals surface area contributed by atoms with Gasteiger partial charge >= 0.3 is 0 Å². The van der Waals surface area contributed by atoms with Crippen LogP contribution in [-0.2, 0) is 4.79 Å². The lowest BCUT2D eigenvalue weighted by Gasteiger charge is -1.76. The van der Waals surface area contributed by atoms with Crippen molar-refractivity contribution >= 4 is 23.7 Å². The van der Waals surface area contributed by atoms with Gasteiger partial charge < -0.3 is 0 Å². The van der Waals surface area contributed by atoms with Crippen molar-refractivity contribution in [3.05, 3.63) is 28.0 Å². The van der Waals surface area contributed by atoms with Gasteiger partial charge in [-0.15, -0.1) is 11.3 Å². The molecular formula is C8H8OS. The zero-order chi connectivity index (χ0) is 7.40. The average molecular weight is 152 g/mol. The van der Waals surface area contributed by atoms with Gasteiger partial charge in [0, 0.05) is 4.88 Å². The van der Waals surface area contributed by atoms with Crippen LogP contribution in [0.3, 0.4) is 0 Å². The van der Waals surface area contributed by atoms with Crippen LogP contribution < -0.4 is 0 Å². The minimum atomic E-state index is 0.787. The van der Waals surface area contributed by atoms with Gasteiger partial charge in [-0.25, -0.2) is 0 Å². The molecule has 2 heteroatoms. The molecule has 0 aromatic carbocycles. The van der Waals surface area contributed by atoms with Crippen LogP contribution in [0.4, 0.5) is 0 Å². The second-order valence-electron chi connectivity index (χ2n) is 2.02. The van der Waals surface area contributed by atoms with Crippen LogP contribution in [0, 0.1) is 6.92 Å². The molecule has 1 aromatic heterocycles. The lowest BCUT2D eigenvalue weighted by atomic mass is 10.3. The topological polar surface area (TPSA) is 17.1 Å². The Balaban J connectivity index is 2.75. The third-order valence-corrected chi connectivity index (χ3v) is 2.11. The number of hydrogen-bond acceptors (Lipinski definition) is 2. The molecule has 0 amide bonds. The number of aryl methyl sites for hydroxylation is 1. The van der Waals surface area contributed by atoms with Crippen LogP contribution >= 0.6 is 11.3 Å². The standard InChI is InChI=1S/C8H8OS/c1-7-5-8(10-6-7)3-2-4-9/h2-6H,1H3. The molecule has 0 aliphatic heterocycles. The highest BCUT2D eigenvalue weighted by Crippen LogP contribution is 2.14. The van der Waals surface area contributed by atoms with E-state index in [0.717, 1.165) is 11.2 Å². The zero-order valence-corrected chi connectivity index (χ0v) is 6.52. The molecule has 0 radical (unpaired) electrons. The summed E-state index contributed by atoms with van der Waals surface area (Å²) in [6, 6.07) is 2.05. The van der Waals surface area contributed by atoms with Crippen molar-refractivity contribution in [1.82, 2.24) is 0 Å². The minimum Gasteiger partial charge on any atom is -0.299 e. The molecule has 0 saturated carbocycles. The first-order chi connectivity index (χ1) is 4.83. The second kappa shape index (κ2) is 3.32. The highest BCUT2D eigenvalue weighted by Gasteiger charge is 1.88. The van der Waals surface area contributed by atoms with E-state index < -0.39 is 0 Å².